The van der Waals surface area contributed by atoms with Crippen LogP contribution in [0.3, 0.4) is 0 Å². The fourth-order valence-electron chi connectivity index (χ4n) is 1.81. The van der Waals surface area contributed by atoms with Crippen LogP contribution in [0.5, 0.6) is 0 Å². The van der Waals surface area contributed by atoms with Gasteiger partial charge in [-0.1, -0.05) is 0 Å². The smallest absolute Gasteiger partial charge is 0.146 e. The summed E-state index contributed by atoms with van der Waals surface area (Å²) in [5, 5.41) is 11.4. The van der Waals surface area contributed by atoms with Gasteiger partial charge in [-0.3, -0.25) is 0 Å². The molecule has 1 fully saturated rings. The summed E-state index contributed by atoms with van der Waals surface area (Å²) in [6.45, 7) is 2.57. The highest BCUT2D eigenvalue weighted by atomic mass is 16.5. The maximum atomic E-state index is 5.41. The van der Waals surface area contributed by atoms with Crippen LogP contribution >= 0.6 is 0 Å². The van der Waals surface area contributed by atoms with Gasteiger partial charge in [0.1, 0.15) is 12.2 Å². The zero-order chi connectivity index (χ0) is 10.5. The highest BCUT2D eigenvalue weighted by Gasteiger charge is 2.12. The Morgan fingerprint density at radius 3 is 3.27 bits per heavy atom. The van der Waals surface area contributed by atoms with Gasteiger partial charge < -0.3 is 14.6 Å². The normalized spacial score (nSPS) is 22.6. The monoisotopic (exact) mass is 210 g/mol. The van der Waals surface area contributed by atoms with Gasteiger partial charge in [-0.15, -0.1) is 10.2 Å². The molecule has 1 N–H and O–H groups in total. The number of aryl methyl sites for hydroxylation is 1. The highest BCUT2D eigenvalue weighted by molar-refractivity contribution is 4.84. The average molecular weight is 210 g/mol. The van der Waals surface area contributed by atoms with E-state index < -0.39 is 0 Å². The number of hydrogen-bond acceptors (Lipinski definition) is 4. The van der Waals surface area contributed by atoms with Crippen LogP contribution in [0.15, 0.2) is 6.33 Å². The predicted octanol–water partition coefficient (Wildman–Crippen LogP) is 0.474. The van der Waals surface area contributed by atoms with Gasteiger partial charge in [0, 0.05) is 26.3 Å². The third-order valence-electron chi connectivity index (χ3n) is 2.81. The van der Waals surface area contributed by atoms with Crippen LogP contribution in [-0.4, -0.2) is 34.0 Å². The van der Waals surface area contributed by atoms with Crippen molar-refractivity contribution in [2.24, 2.45) is 7.05 Å². The number of nitrogens with zero attached hydrogens (tertiary/aromatic N) is 3. The van der Waals surface area contributed by atoms with E-state index in [9.17, 15) is 0 Å². The van der Waals surface area contributed by atoms with E-state index in [4.69, 9.17) is 4.74 Å². The van der Waals surface area contributed by atoms with Gasteiger partial charge in [-0.25, -0.2) is 0 Å². The van der Waals surface area contributed by atoms with E-state index in [2.05, 4.69) is 15.5 Å². The first kappa shape index (κ1) is 10.6. The molecule has 0 aliphatic carbocycles. The lowest BCUT2D eigenvalue weighted by atomic mass is 10.1. The SMILES string of the molecule is Cn1cnnc1CNC1CCCOCC1. The van der Waals surface area contributed by atoms with Crippen molar-refractivity contribution in [2.45, 2.75) is 31.8 Å². The third kappa shape index (κ3) is 3.00. The van der Waals surface area contributed by atoms with Crippen LogP contribution in [0.25, 0.3) is 0 Å². The second-order valence-electron chi connectivity index (χ2n) is 3.98. The minimum absolute atomic E-state index is 0.559. The van der Waals surface area contributed by atoms with Crippen LogP contribution < -0.4 is 5.32 Å². The Hall–Kier alpha value is -0.940. The number of nitrogens with one attached hydrogen (secondary N) is 1. The summed E-state index contributed by atoms with van der Waals surface area (Å²) in [6, 6.07) is 0.559. The molecule has 84 valence electrons. The van der Waals surface area contributed by atoms with E-state index in [1.54, 1.807) is 6.33 Å². The molecule has 0 saturated carbocycles. The van der Waals surface area contributed by atoms with Crippen molar-refractivity contribution in [2.75, 3.05) is 13.2 Å². The summed E-state index contributed by atoms with van der Waals surface area (Å²) in [4.78, 5) is 0. The van der Waals surface area contributed by atoms with Crippen molar-refractivity contribution in [3.05, 3.63) is 12.2 Å². The van der Waals surface area contributed by atoms with Crippen molar-refractivity contribution in [1.82, 2.24) is 20.1 Å². The molecule has 2 rings (SSSR count). The van der Waals surface area contributed by atoms with Gasteiger partial charge in [0.2, 0.25) is 0 Å². The quantitative estimate of drug-likeness (QED) is 0.788. The van der Waals surface area contributed by atoms with Crippen molar-refractivity contribution in [3.63, 3.8) is 0 Å². The van der Waals surface area contributed by atoms with Crippen LogP contribution in [0.2, 0.25) is 0 Å². The zero-order valence-corrected chi connectivity index (χ0v) is 9.15. The van der Waals surface area contributed by atoms with E-state index in [0.717, 1.165) is 38.4 Å². The molecule has 1 aromatic rings. The maximum absolute atomic E-state index is 5.41. The molecule has 5 heteroatoms. The second-order valence-corrected chi connectivity index (χ2v) is 3.98. The topological polar surface area (TPSA) is 52.0 Å². The van der Waals surface area contributed by atoms with Gasteiger partial charge in [0.15, 0.2) is 0 Å². The molecule has 0 aromatic carbocycles. The number of ether oxygens (including phenoxy) is 1. The summed E-state index contributed by atoms with van der Waals surface area (Å²) in [5.41, 5.74) is 0. The van der Waals surface area contributed by atoms with Crippen LogP contribution in [0.4, 0.5) is 0 Å². The number of aromatic nitrogens is 3. The predicted molar refractivity (Wildman–Crippen MR) is 56.3 cm³/mol. The van der Waals surface area contributed by atoms with Gasteiger partial charge in [-0.05, 0) is 19.3 Å². The molecule has 0 amide bonds. The first-order chi connectivity index (χ1) is 7.36. The zero-order valence-electron chi connectivity index (χ0n) is 9.15. The molecule has 5 nitrogen and oxygen atoms in total. The standard InChI is InChI=1S/C10H18N4O/c1-14-8-12-13-10(14)7-11-9-3-2-5-15-6-4-9/h8-9,11H,2-7H2,1H3. The lowest BCUT2D eigenvalue weighted by molar-refractivity contribution is 0.142. The lowest BCUT2D eigenvalue weighted by Gasteiger charge is -2.14. The van der Waals surface area contributed by atoms with E-state index >= 15 is 0 Å². The summed E-state index contributed by atoms with van der Waals surface area (Å²) in [6.07, 6.45) is 5.17. The van der Waals surface area contributed by atoms with Crippen LogP contribution in [0.1, 0.15) is 25.1 Å². The Bertz CT molecular complexity index is 291. The molecular weight excluding hydrogens is 192 g/mol. The molecule has 0 radical (unpaired) electrons. The number of hydrogen-bond donors (Lipinski definition) is 1. The van der Waals surface area contributed by atoms with Crippen LogP contribution in [0, 0.1) is 0 Å². The summed E-state index contributed by atoms with van der Waals surface area (Å²) >= 11 is 0. The van der Waals surface area contributed by atoms with Crippen molar-refractivity contribution < 1.29 is 4.74 Å². The summed E-state index contributed by atoms with van der Waals surface area (Å²) < 4.78 is 7.36. The molecular formula is C10H18N4O. The molecule has 2 heterocycles. The Morgan fingerprint density at radius 2 is 2.47 bits per heavy atom. The summed E-state index contributed by atoms with van der Waals surface area (Å²) in [7, 11) is 1.97. The second kappa shape index (κ2) is 5.23. The number of rotatable bonds is 3. The molecule has 1 aliphatic rings. The van der Waals surface area contributed by atoms with Gasteiger partial charge in [-0.2, -0.15) is 0 Å². The van der Waals surface area contributed by atoms with Crippen molar-refractivity contribution in [3.8, 4) is 0 Å². The fourth-order valence-corrected chi connectivity index (χ4v) is 1.81. The Kier molecular flexibility index (Phi) is 3.69. The molecule has 1 aliphatic heterocycles. The fraction of sp³-hybridized carbons (Fsp3) is 0.800. The maximum Gasteiger partial charge on any atom is 0.146 e. The molecule has 1 saturated heterocycles. The Morgan fingerprint density at radius 1 is 1.53 bits per heavy atom. The average Bonchev–Trinajstić information content (AvgIpc) is 2.53. The first-order valence-corrected chi connectivity index (χ1v) is 5.50. The van der Waals surface area contributed by atoms with Gasteiger partial charge in [0.25, 0.3) is 0 Å². The minimum atomic E-state index is 0.559. The molecule has 15 heavy (non-hydrogen) atoms. The Balaban J connectivity index is 1.79. The minimum Gasteiger partial charge on any atom is -0.381 e. The van der Waals surface area contributed by atoms with Crippen LogP contribution in [-0.2, 0) is 18.3 Å². The van der Waals surface area contributed by atoms with E-state index in [1.807, 2.05) is 11.6 Å². The van der Waals surface area contributed by atoms with Crippen molar-refractivity contribution >= 4 is 0 Å². The lowest BCUT2D eigenvalue weighted by Crippen LogP contribution is -2.29. The molecule has 0 spiro atoms. The van der Waals surface area contributed by atoms with Gasteiger partial charge in [0.05, 0.1) is 6.54 Å². The largest absolute Gasteiger partial charge is 0.381 e. The first-order valence-electron chi connectivity index (χ1n) is 5.50. The molecule has 1 atom stereocenters. The van der Waals surface area contributed by atoms with Crippen molar-refractivity contribution in [1.29, 1.82) is 0 Å². The van der Waals surface area contributed by atoms with E-state index in [1.165, 1.54) is 6.42 Å². The highest BCUT2D eigenvalue weighted by Crippen LogP contribution is 2.08. The summed E-state index contributed by atoms with van der Waals surface area (Å²) in [5.74, 6) is 0.986. The van der Waals surface area contributed by atoms with E-state index in [-0.39, 0.29) is 0 Å². The molecule has 1 unspecified atom stereocenters. The molecule has 1 aromatic heterocycles. The molecule has 0 bridgehead atoms. The third-order valence-corrected chi connectivity index (χ3v) is 2.81. The Labute approximate surface area is 89.8 Å². The van der Waals surface area contributed by atoms with E-state index in [0.29, 0.717) is 6.04 Å². The van der Waals surface area contributed by atoms with Gasteiger partial charge >= 0.3 is 0 Å².